The van der Waals surface area contributed by atoms with Gasteiger partial charge in [0.15, 0.2) is 0 Å². The number of benzene rings is 1. The minimum Gasteiger partial charge on any atom is -0.352 e. The summed E-state index contributed by atoms with van der Waals surface area (Å²) in [5.41, 5.74) is 3.86. The predicted molar refractivity (Wildman–Crippen MR) is 79.8 cm³/mol. The van der Waals surface area contributed by atoms with Crippen LogP contribution in [0.4, 0.5) is 17.1 Å². The molecule has 6 nitrogen and oxygen atoms in total. The predicted octanol–water partition coefficient (Wildman–Crippen LogP) is 3.66. The van der Waals surface area contributed by atoms with Crippen molar-refractivity contribution in [2.45, 2.75) is 6.92 Å². The number of para-hydroxylation sites is 1. The lowest BCUT2D eigenvalue weighted by molar-refractivity contribution is 0.938. The monoisotopic (exact) mass is 277 g/mol. The van der Waals surface area contributed by atoms with Crippen molar-refractivity contribution in [3.05, 3.63) is 58.8 Å². The van der Waals surface area contributed by atoms with Gasteiger partial charge in [-0.3, -0.25) is 0 Å². The fourth-order valence-corrected chi connectivity index (χ4v) is 2.16. The van der Waals surface area contributed by atoms with Crippen molar-refractivity contribution in [1.82, 2.24) is 9.61 Å². The highest BCUT2D eigenvalue weighted by molar-refractivity contribution is 5.84. The van der Waals surface area contributed by atoms with E-state index in [0.29, 0.717) is 16.8 Å². The van der Waals surface area contributed by atoms with Crippen molar-refractivity contribution in [3.63, 3.8) is 0 Å². The lowest BCUT2D eigenvalue weighted by Gasteiger charge is -2.12. The lowest BCUT2D eigenvalue weighted by Crippen LogP contribution is -2.00. The molecule has 0 fully saturated rings. The van der Waals surface area contributed by atoms with Gasteiger partial charge in [0.1, 0.15) is 11.8 Å². The first kappa shape index (κ1) is 12.8. The van der Waals surface area contributed by atoms with Crippen molar-refractivity contribution >= 4 is 22.6 Å². The highest BCUT2D eigenvalue weighted by Gasteiger charge is 2.12. The van der Waals surface area contributed by atoms with Gasteiger partial charge in [-0.05, 0) is 29.8 Å². The minimum absolute atomic E-state index is 0.269. The van der Waals surface area contributed by atoms with Gasteiger partial charge < -0.3 is 5.32 Å². The summed E-state index contributed by atoms with van der Waals surface area (Å²) in [5, 5.41) is 19.5. The summed E-state index contributed by atoms with van der Waals surface area (Å²) >= 11 is 0. The van der Waals surface area contributed by atoms with Gasteiger partial charge in [0.25, 0.3) is 0 Å². The van der Waals surface area contributed by atoms with Crippen molar-refractivity contribution in [2.75, 3.05) is 5.32 Å². The van der Waals surface area contributed by atoms with E-state index in [9.17, 15) is 10.2 Å². The van der Waals surface area contributed by atoms with E-state index in [1.54, 1.807) is 6.07 Å². The Bertz CT molecular complexity index is 875. The molecule has 21 heavy (non-hydrogen) atoms. The number of fused-ring (bicyclic) bond motifs is 1. The van der Waals surface area contributed by atoms with Crippen molar-refractivity contribution < 1.29 is 0 Å². The number of hydrogen-bond donors (Lipinski definition) is 1. The Labute approximate surface area is 120 Å². The second-order valence-corrected chi connectivity index (χ2v) is 4.60. The molecule has 3 rings (SSSR count). The van der Waals surface area contributed by atoms with Crippen molar-refractivity contribution in [2.24, 2.45) is 5.18 Å². The average molecular weight is 277 g/mol. The van der Waals surface area contributed by atoms with Crippen molar-refractivity contribution in [1.29, 1.82) is 5.26 Å². The van der Waals surface area contributed by atoms with E-state index in [1.165, 1.54) is 16.9 Å². The molecule has 6 heteroatoms. The van der Waals surface area contributed by atoms with E-state index in [-0.39, 0.29) is 5.69 Å². The Morgan fingerprint density at radius 3 is 2.90 bits per heavy atom. The van der Waals surface area contributed by atoms with Crippen LogP contribution in [0.15, 0.2) is 47.9 Å². The van der Waals surface area contributed by atoms with E-state index >= 15 is 0 Å². The van der Waals surface area contributed by atoms with E-state index in [4.69, 9.17) is 0 Å². The molecule has 0 saturated heterocycles. The number of nitrogens with one attached hydrogen (secondary N) is 1. The quantitative estimate of drug-likeness (QED) is 0.740. The van der Waals surface area contributed by atoms with Gasteiger partial charge in [0.2, 0.25) is 0 Å². The summed E-state index contributed by atoms with van der Waals surface area (Å²) in [7, 11) is 0. The fourth-order valence-electron chi connectivity index (χ4n) is 2.16. The molecule has 0 aliphatic rings. The first-order valence-corrected chi connectivity index (χ1v) is 6.30. The zero-order valence-electron chi connectivity index (χ0n) is 11.2. The first-order chi connectivity index (χ1) is 10.2. The smallest absolute Gasteiger partial charge is 0.128 e. The first-order valence-electron chi connectivity index (χ1n) is 6.30. The van der Waals surface area contributed by atoms with Gasteiger partial charge in [0.05, 0.1) is 29.2 Å². The summed E-state index contributed by atoms with van der Waals surface area (Å²) in [4.78, 5) is 10.7. The third-order valence-corrected chi connectivity index (χ3v) is 3.25. The summed E-state index contributed by atoms with van der Waals surface area (Å²) in [6.07, 6.45) is 2.98. The molecule has 2 aromatic heterocycles. The van der Waals surface area contributed by atoms with Gasteiger partial charge >= 0.3 is 0 Å². The molecule has 1 N–H and O–H groups in total. The van der Waals surface area contributed by atoms with E-state index in [0.717, 1.165) is 11.3 Å². The fraction of sp³-hybridized carbons (Fsp3) is 0.0667. The van der Waals surface area contributed by atoms with Gasteiger partial charge in [-0.2, -0.15) is 10.4 Å². The summed E-state index contributed by atoms with van der Waals surface area (Å²) < 4.78 is 1.53. The SMILES string of the molecule is Cc1ccccc1Nc1c(C#N)cnn2cc(N=O)cc12. The molecule has 3 aromatic rings. The largest absolute Gasteiger partial charge is 0.352 e. The van der Waals surface area contributed by atoms with Crippen LogP contribution in [0.25, 0.3) is 5.52 Å². The highest BCUT2D eigenvalue weighted by Crippen LogP contribution is 2.29. The summed E-state index contributed by atoms with van der Waals surface area (Å²) in [5.74, 6) is 0. The number of nitriles is 1. The molecule has 0 spiro atoms. The molecule has 0 aliphatic heterocycles. The van der Waals surface area contributed by atoms with Crippen molar-refractivity contribution in [3.8, 4) is 6.07 Å². The summed E-state index contributed by atoms with van der Waals surface area (Å²) in [6, 6.07) is 11.5. The van der Waals surface area contributed by atoms with Crippen LogP contribution in [0.1, 0.15) is 11.1 Å². The molecule has 102 valence electrons. The normalized spacial score (nSPS) is 10.3. The van der Waals surface area contributed by atoms with Crippen LogP contribution in [0.3, 0.4) is 0 Å². The van der Waals surface area contributed by atoms with Gasteiger partial charge in [-0.1, -0.05) is 18.2 Å². The second kappa shape index (κ2) is 5.06. The zero-order chi connectivity index (χ0) is 14.8. The van der Waals surface area contributed by atoms with E-state index in [2.05, 4.69) is 21.7 Å². The molecule has 1 aromatic carbocycles. The maximum atomic E-state index is 10.7. The number of rotatable bonds is 3. The number of hydrogen-bond acceptors (Lipinski definition) is 5. The van der Waals surface area contributed by atoms with Crippen LogP contribution < -0.4 is 5.32 Å². The van der Waals surface area contributed by atoms with E-state index < -0.39 is 0 Å². The molecule has 0 radical (unpaired) electrons. The van der Waals surface area contributed by atoms with Gasteiger partial charge in [0, 0.05) is 5.69 Å². The molecule has 2 heterocycles. The van der Waals surface area contributed by atoms with Crippen LogP contribution >= 0.6 is 0 Å². The number of aromatic nitrogens is 2. The van der Waals surface area contributed by atoms with Gasteiger partial charge in [-0.25, -0.2) is 4.52 Å². The van der Waals surface area contributed by atoms with E-state index in [1.807, 2.05) is 31.2 Å². The molecule has 0 amide bonds. The Morgan fingerprint density at radius 2 is 2.19 bits per heavy atom. The van der Waals surface area contributed by atoms with Crippen LogP contribution in [0.2, 0.25) is 0 Å². The van der Waals surface area contributed by atoms with Crippen LogP contribution in [-0.4, -0.2) is 9.61 Å². The topological polar surface area (TPSA) is 82.6 Å². The summed E-state index contributed by atoms with van der Waals surface area (Å²) in [6.45, 7) is 1.98. The Kier molecular flexibility index (Phi) is 3.09. The zero-order valence-corrected chi connectivity index (χ0v) is 11.2. The maximum absolute atomic E-state index is 10.7. The third kappa shape index (κ3) is 2.21. The van der Waals surface area contributed by atoms with Crippen LogP contribution in [-0.2, 0) is 0 Å². The Morgan fingerprint density at radius 1 is 1.38 bits per heavy atom. The molecular weight excluding hydrogens is 266 g/mol. The van der Waals surface area contributed by atoms with Crippen LogP contribution in [0.5, 0.6) is 0 Å². The molecule has 0 saturated carbocycles. The Hall–Kier alpha value is -3.20. The maximum Gasteiger partial charge on any atom is 0.128 e. The standard InChI is InChI=1S/C15H11N5O/c1-10-4-2-3-5-13(10)18-15-11(7-16)8-17-20-9-12(19-21)6-14(15)20/h2-6,8-9,18H,1H3. The third-order valence-electron chi connectivity index (χ3n) is 3.25. The molecule has 0 bridgehead atoms. The van der Waals surface area contributed by atoms with Crippen LogP contribution in [0, 0.1) is 23.2 Å². The molecule has 0 aliphatic carbocycles. The lowest BCUT2D eigenvalue weighted by atomic mass is 10.1. The highest BCUT2D eigenvalue weighted by atomic mass is 16.3. The Balaban J connectivity index is 2.20. The number of aryl methyl sites for hydroxylation is 1. The second-order valence-electron chi connectivity index (χ2n) is 4.60. The number of anilines is 2. The van der Waals surface area contributed by atoms with Gasteiger partial charge in [-0.15, -0.1) is 4.91 Å². The molecule has 0 atom stereocenters. The molecule has 0 unspecified atom stereocenters. The molecular formula is C15H11N5O. The number of nitroso groups, excluding NO2 is 1. The number of nitrogens with zero attached hydrogens (tertiary/aromatic N) is 4. The average Bonchev–Trinajstić information content (AvgIpc) is 2.93. The minimum atomic E-state index is 0.269.